The molecular formula is C14H6BrO3-. The summed E-state index contributed by atoms with van der Waals surface area (Å²) in [7, 11) is 0. The van der Waals surface area contributed by atoms with E-state index in [0.29, 0.717) is 15.6 Å². The predicted octanol–water partition coefficient (Wildman–Crippen LogP) is 2.30. The normalized spacial score (nSPS) is 13.2. The minimum absolute atomic E-state index is 0.0342. The molecule has 4 heteroatoms. The minimum Gasteiger partial charge on any atom is -0.872 e. The fourth-order valence-electron chi connectivity index (χ4n) is 2.15. The first-order valence-electron chi connectivity index (χ1n) is 5.29. The van der Waals surface area contributed by atoms with Gasteiger partial charge in [-0.2, -0.15) is 0 Å². The highest BCUT2D eigenvalue weighted by Gasteiger charge is 2.31. The molecule has 0 aromatic heterocycles. The Hall–Kier alpha value is -1.94. The van der Waals surface area contributed by atoms with Gasteiger partial charge in [0.15, 0.2) is 11.6 Å². The summed E-state index contributed by atoms with van der Waals surface area (Å²) >= 11 is 3.22. The number of benzene rings is 2. The summed E-state index contributed by atoms with van der Waals surface area (Å²) < 4.78 is 0.477. The van der Waals surface area contributed by atoms with Crippen LogP contribution in [0.3, 0.4) is 0 Å². The third-order valence-electron chi connectivity index (χ3n) is 2.99. The summed E-state index contributed by atoms with van der Waals surface area (Å²) in [5, 5.41) is 11.8. The van der Waals surface area contributed by atoms with E-state index in [1.165, 1.54) is 12.1 Å². The van der Waals surface area contributed by atoms with Crippen molar-refractivity contribution >= 4 is 27.5 Å². The Morgan fingerprint density at radius 1 is 0.833 bits per heavy atom. The van der Waals surface area contributed by atoms with Crippen molar-refractivity contribution in [2.45, 2.75) is 0 Å². The van der Waals surface area contributed by atoms with Gasteiger partial charge in [0.1, 0.15) is 0 Å². The van der Waals surface area contributed by atoms with Crippen molar-refractivity contribution in [1.82, 2.24) is 0 Å². The van der Waals surface area contributed by atoms with Crippen molar-refractivity contribution in [1.29, 1.82) is 0 Å². The van der Waals surface area contributed by atoms with Gasteiger partial charge in [-0.15, -0.1) is 0 Å². The van der Waals surface area contributed by atoms with Gasteiger partial charge in [0.05, 0.1) is 0 Å². The van der Waals surface area contributed by atoms with Crippen LogP contribution < -0.4 is 5.11 Å². The lowest BCUT2D eigenvalue weighted by molar-refractivity contribution is -0.268. The molecule has 2 aromatic carbocycles. The Bertz CT molecular complexity index is 644. The van der Waals surface area contributed by atoms with Crippen LogP contribution in [0.15, 0.2) is 40.9 Å². The van der Waals surface area contributed by atoms with Crippen LogP contribution in [-0.2, 0) is 0 Å². The van der Waals surface area contributed by atoms with Crippen molar-refractivity contribution in [2.75, 3.05) is 0 Å². The Morgan fingerprint density at radius 2 is 1.39 bits per heavy atom. The van der Waals surface area contributed by atoms with Crippen molar-refractivity contribution in [2.24, 2.45) is 0 Å². The second kappa shape index (κ2) is 3.78. The Balaban J connectivity index is 2.41. The zero-order valence-corrected chi connectivity index (χ0v) is 10.7. The highest BCUT2D eigenvalue weighted by Crippen LogP contribution is 2.35. The van der Waals surface area contributed by atoms with Gasteiger partial charge >= 0.3 is 0 Å². The predicted molar refractivity (Wildman–Crippen MR) is 66.9 cm³/mol. The van der Waals surface area contributed by atoms with Crippen molar-refractivity contribution in [3.05, 3.63) is 63.1 Å². The van der Waals surface area contributed by atoms with E-state index < -0.39 is 5.75 Å². The molecule has 0 aliphatic heterocycles. The number of hydrogen-bond acceptors (Lipinski definition) is 3. The Kier molecular flexibility index (Phi) is 2.35. The van der Waals surface area contributed by atoms with Gasteiger partial charge in [0.2, 0.25) is 0 Å². The van der Waals surface area contributed by atoms with Crippen LogP contribution in [0, 0.1) is 0 Å². The highest BCUT2D eigenvalue weighted by molar-refractivity contribution is 9.10. The summed E-state index contributed by atoms with van der Waals surface area (Å²) in [5.74, 6) is -1.09. The Labute approximate surface area is 111 Å². The first kappa shape index (κ1) is 11.2. The van der Waals surface area contributed by atoms with Gasteiger partial charge in [-0.1, -0.05) is 52.0 Å². The number of rotatable bonds is 0. The average Bonchev–Trinajstić information content (AvgIpc) is 2.38. The van der Waals surface area contributed by atoms with Gasteiger partial charge in [0, 0.05) is 26.7 Å². The number of halogens is 1. The minimum atomic E-state index is -0.416. The number of ketones is 2. The van der Waals surface area contributed by atoms with E-state index in [2.05, 4.69) is 15.9 Å². The molecule has 2 aromatic rings. The summed E-state index contributed by atoms with van der Waals surface area (Å²) in [6, 6.07) is 9.34. The zero-order valence-electron chi connectivity index (χ0n) is 9.07. The van der Waals surface area contributed by atoms with E-state index in [-0.39, 0.29) is 22.7 Å². The van der Waals surface area contributed by atoms with Crippen LogP contribution in [-0.4, -0.2) is 11.6 Å². The van der Waals surface area contributed by atoms with Crippen molar-refractivity contribution < 1.29 is 14.7 Å². The van der Waals surface area contributed by atoms with Gasteiger partial charge in [0.25, 0.3) is 0 Å². The van der Waals surface area contributed by atoms with E-state index in [9.17, 15) is 14.7 Å². The number of hydrogen-bond donors (Lipinski definition) is 0. The quantitative estimate of drug-likeness (QED) is 0.640. The molecule has 1 aliphatic carbocycles. The van der Waals surface area contributed by atoms with Crippen molar-refractivity contribution in [3.63, 3.8) is 0 Å². The standard InChI is InChI=1S/C14H7BrO3/c15-9-5-6-10(16)12-11(9)13(17)7-3-1-2-4-8(7)14(12)18/h1-6,16H/p-1. The Morgan fingerprint density at radius 3 is 2.00 bits per heavy atom. The van der Waals surface area contributed by atoms with Crippen LogP contribution in [0.1, 0.15) is 31.8 Å². The second-order valence-corrected chi connectivity index (χ2v) is 4.85. The largest absolute Gasteiger partial charge is 0.872 e. The molecule has 0 amide bonds. The van der Waals surface area contributed by atoms with Crippen LogP contribution >= 0.6 is 15.9 Å². The molecule has 0 unspecified atom stereocenters. The molecular weight excluding hydrogens is 296 g/mol. The smallest absolute Gasteiger partial charge is 0.195 e. The number of carbonyl (C=O) groups is 2. The number of carbonyl (C=O) groups excluding carboxylic acids is 2. The SMILES string of the molecule is O=C1c2ccccc2C(=O)c2c(Br)ccc([O-])c21. The van der Waals surface area contributed by atoms with Crippen LogP contribution in [0.5, 0.6) is 5.75 Å². The lowest BCUT2D eigenvalue weighted by atomic mass is 9.84. The summed E-state index contributed by atoms with van der Waals surface area (Å²) in [6.45, 7) is 0. The maximum atomic E-state index is 12.3. The van der Waals surface area contributed by atoms with E-state index >= 15 is 0 Å². The maximum Gasteiger partial charge on any atom is 0.195 e. The third kappa shape index (κ3) is 1.36. The van der Waals surface area contributed by atoms with Gasteiger partial charge < -0.3 is 5.11 Å². The van der Waals surface area contributed by atoms with Crippen LogP contribution in [0.25, 0.3) is 0 Å². The van der Waals surface area contributed by atoms with E-state index in [1.807, 2.05) is 0 Å². The third-order valence-corrected chi connectivity index (χ3v) is 3.65. The topological polar surface area (TPSA) is 57.2 Å². The van der Waals surface area contributed by atoms with Crippen LogP contribution in [0.4, 0.5) is 0 Å². The molecule has 0 saturated heterocycles. The summed E-state index contributed by atoms with van der Waals surface area (Å²) in [5.41, 5.74) is 0.783. The average molecular weight is 302 g/mol. The molecule has 3 rings (SSSR count). The van der Waals surface area contributed by atoms with Gasteiger partial charge in [-0.3, -0.25) is 9.59 Å². The molecule has 0 saturated carbocycles. The van der Waals surface area contributed by atoms with Crippen LogP contribution in [0.2, 0.25) is 0 Å². The first-order chi connectivity index (χ1) is 8.61. The molecule has 0 N–H and O–H groups in total. The maximum absolute atomic E-state index is 12.3. The lowest BCUT2D eigenvalue weighted by Gasteiger charge is -2.23. The molecule has 0 heterocycles. The summed E-state index contributed by atoms with van der Waals surface area (Å²) in [4.78, 5) is 24.6. The molecule has 0 fully saturated rings. The second-order valence-electron chi connectivity index (χ2n) is 4.00. The molecule has 3 nitrogen and oxygen atoms in total. The lowest BCUT2D eigenvalue weighted by Crippen LogP contribution is -2.22. The van der Waals surface area contributed by atoms with E-state index in [1.54, 1.807) is 24.3 Å². The highest BCUT2D eigenvalue weighted by atomic mass is 79.9. The molecule has 18 heavy (non-hydrogen) atoms. The fourth-order valence-corrected chi connectivity index (χ4v) is 2.66. The molecule has 0 radical (unpaired) electrons. The zero-order chi connectivity index (χ0) is 12.9. The monoisotopic (exact) mass is 301 g/mol. The molecule has 0 bridgehead atoms. The van der Waals surface area contributed by atoms with Gasteiger partial charge in [-0.05, 0) is 6.07 Å². The fraction of sp³-hybridized carbons (Fsp3) is 0. The molecule has 0 spiro atoms. The molecule has 0 atom stereocenters. The van der Waals surface area contributed by atoms with E-state index in [0.717, 1.165) is 0 Å². The molecule has 88 valence electrons. The van der Waals surface area contributed by atoms with Crippen molar-refractivity contribution in [3.8, 4) is 5.75 Å². The first-order valence-corrected chi connectivity index (χ1v) is 6.08. The van der Waals surface area contributed by atoms with Gasteiger partial charge in [-0.25, -0.2) is 0 Å². The van der Waals surface area contributed by atoms with E-state index in [4.69, 9.17) is 0 Å². The number of fused-ring (bicyclic) bond motifs is 2. The molecule has 1 aliphatic rings. The summed E-state index contributed by atoms with van der Waals surface area (Å²) in [6.07, 6.45) is 0.